The SMILES string of the molecule is CCCCCN1C(=O)[C@@H](/C=C/c2ncc(CC(=O)O)o2)OC(c2cccc(OC)c2OC)c2cc(Cl)ccc21. The average molecular weight is 555 g/mol. The summed E-state index contributed by atoms with van der Waals surface area (Å²) < 4.78 is 23.3. The number of aromatic nitrogens is 1. The number of carboxylic acid groups (broad SMARTS) is 1. The number of carbonyl (C=O) groups excluding carboxylic acids is 1. The van der Waals surface area contributed by atoms with Gasteiger partial charge in [0.15, 0.2) is 17.6 Å². The molecule has 2 aromatic carbocycles. The van der Waals surface area contributed by atoms with Crippen molar-refractivity contribution in [1.29, 1.82) is 0 Å². The third kappa shape index (κ3) is 6.43. The van der Waals surface area contributed by atoms with Crippen LogP contribution in [-0.2, 0) is 20.7 Å². The Bertz CT molecular complexity index is 1350. The molecule has 0 aliphatic carbocycles. The van der Waals surface area contributed by atoms with Gasteiger partial charge in [0.1, 0.15) is 18.3 Å². The average Bonchev–Trinajstić information content (AvgIpc) is 3.33. The van der Waals surface area contributed by atoms with Crippen LogP contribution in [-0.4, -0.2) is 48.8 Å². The molecule has 1 aliphatic rings. The maximum atomic E-state index is 13.9. The van der Waals surface area contributed by atoms with Gasteiger partial charge in [-0.15, -0.1) is 0 Å². The van der Waals surface area contributed by atoms with Crippen LogP contribution >= 0.6 is 11.6 Å². The molecule has 0 spiro atoms. The Labute approximate surface area is 231 Å². The van der Waals surface area contributed by atoms with Gasteiger partial charge in [0.05, 0.1) is 20.4 Å². The minimum absolute atomic E-state index is 0.167. The number of carboxylic acids is 1. The van der Waals surface area contributed by atoms with Gasteiger partial charge in [-0.05, 0) is 42.8 Å². The van der Waals surface area contributed by atoms with E-state index in [9.17, 15) is 9.59 Å². The first kappa shape index (κ1) is 28.2. The van der Waals surface area contributed by atoms with Crippen LogP contribution in [0.15, 0.2) is 53.1 Å². The lowest BCUT2D eigenvalue weighted by Crippen LogP contribution is -2.39. The van der Waals surface area contributed by atoms with Crippen molar-refractivity contribution in [1.82, 2.24) is 4.98 Å². The number of carbonyl (C=O) groups is 2. The lowest BCUT2D eigenvalue weighted by molar-refractivity contribution is -0.136. The molecule has 1 amide bonds. The van der Waals surface area contributed by atoms with Crippen molar-refractivity contribution in [2.45, 2.75) is 44.8 Å². The number of hydrogen-bond acceptors (Lipinski definition) is 7. The van der Waals surface area contributed by atoms with E-state index in [0.29, 0.717) is 34.3 Å². The van der Waals surface area contributed by atoms with Crippen LogP contribution in [0.25, 0.3) is 6.08 Å². The summed E-state index contributed by atoms with van der Waals surface area (Å²) in [7, 11) is 3.10. The summed E-state index contributed by atoms with van der Waals surface area (Å²) in [6.07, 6.45) is 5.16. The van der Waals surface area contributed by atoms with E-state index in [0.717, 1.165) is 24.8 Å². The van der Waals surface area contributed by atoms with Crippen molar-refractivity contribution in [2.24, 2.45) is 0 Å². The molecule has 1 N–H and O–H groups in total. The molecule has 0 bridgehead atoms. The van der Waals surface area contributed by atoms with Crippen LogP contribution in [0.3, 0.4) is 0 Å². The molecule has 1 aliphatic heterocycles. The Morgan fingerprint density at radius 3 is 2.72 bits per heavy atom. The molecule has 1 unspecified atom stereocenters. The molecule has 0 fully saturated rings. The summed E-state index contributed by atoms with van der Waals surface area (Å²) >= 11 is 6.45. The summed E-state index contributed by atoms with van der Waals surface area (Å²) in [5.74, 6) is 0.0933. The zero-order chi connectivity index (χ0) is 27.9. The molecule has 0 saturated carbocycles. The Balaban J connectivity index is 1.81. The number of para-hydroxylation sites is 1. The molecular formula is C29H31ClN2O7. The summed E-state index contributed by atoms with van der Waals surface area (Å²) in [5.41, 5.74) is 2.09. The number of aliphatic carboxylic acids is 1. The maximum absolute atomic E-state index is 13.9. The van der Waals surface area contributed by atoms with Crippen molar-refractivity contribution in [3.05, 3.63) is 76.5 Å². The number of methoxy groups -OCH3 is 2. The van der Waals surface area contributed by atoms with Crippen LogP contribution in [0.5, 0.6) is 11.5 Å². The Morgan fingerprint density at radius 1 is 1.18 bits per heavy atom. The highest BCUT2D eigenvalue weighted by atomic mass is 35.5. The third-order valence-corrected chi connectivity index (χ3v) is 6.60. The first-order chi connectivity index (χ1) is 18.9. The fourth-order valence-electron chi connectivity index (χ4n) is 4.57. The third-order valence-electron chi connectivity index (χ3n) is 6.37. The van der Waals surface area contributed by atoms with Gasteiger partial charge in [-0.25, -0.2) is 4.98 Å². The van der Waals surface area contributed by atoms with E-state index in [1.165, 1.54) is 12.3 Å². The molecule has 0 radical (unpaired) electrons. The molecule has 2 heterocycles. The van der Waals surface area contributed by atoms with Crippen molar-refractivity contribution in [2.75, 3.05) is 25.7 Å². The quantitative estimate of drug-likeness (QED) is 0.301. The van der Waals surface area contributed by atoms with Crippen molar-refractivity contribution in [3.63, 3.8) is 0 Å². The molecule has 0 saturated heterocycles. The second-order valence-electron chi connectivity index (χ2n) is 9.01. The van der Waals surface area contributed by atoms with E-state index < -0.39 is 18.2 Å². The molecule has 1 aromatic heterocycles. The summed E-state index contributed by atoms with van der Waals surface area (Å²) in [5, 5.41) is 9.52. The molecular weight excluding hydrogens is 524 g/mol. The maximum Gasteiger partial charge on any atom is 0.311 e. The molecule has 2 atom stereocenters. The van der Waals surface area contributed by atoms with Crippen LogP contribution in [0.1, 0.15) is 55.1 Å². The zero-order valence-corrected chi connectivity index (χ0v) is 22.8. The normalized spacial score (nSPS) is 17.2. The molecule has 206 valence electrons. The van der Waals surface area contributed by atoms with Crippen molar-refractivity contribution >= 4 is 35.2 Å². The van der Waals surface area contributed by atoms with Gasteiger partial charge in [-0.3, -0.25) is 9.59 Å². The van der Waals surface area contributed by atoms with Gasteiger partial charge in [0, 0.05) is 28.4 Å². The van der Waals surface area contributed by atoms with Gasteiger partial charge in [-0.2, -0.15) is 0 Å². The number of oxazole rings is 1. The van der Waals surface area contributed by atoms with E-state index in [1.807, 2.05) is 18.2 Å². The number of fused-ring (bicyclic) bond motifs is 1. The highest BCUT2D eigenvalue weighted by Gasteiger charge is 2.37. The minimum Gasteiger partial charge on any atom is -0.493 e. The van der Waals surface area contributed by atoms with Crippen LogP contribution < -0.4 is 14.4 Å². The van der Waals surface area contributed by atoms with Crippen LogP contribution in [0, 0.1) is 0 Å². The number of benzene rings is 2. The fourth-order valence-corrected chi connectivity index (χ4v) is 4.75. The first-order valence-corrected chi connectivity index (χ1v) is 13.1. The largest absolute Gasteiger partial charge is 0.493 e. The van der Waals surface area contributed by atoms with Crippen molar-refractivity contribution in [3.8, 4) is 11.5 Å². The highest BCUT2D eigenvalue weighted by Crippen LogP contribution is 2.45. The van der Waals surface area contributed by atoms with E-state index in [-0.39, 0.29) is 24.0 Å². The number of rotatable bonds is 11. The summed E-state index contributed by atoms with van der Waals surface area (Å²) in [6.45, 7) is 2.60. The molecule has 4 rings (SSSR count). The monoisotopic (exact) mass is 554 g/mol. The Kier molecular flexibility index (Phi) is 9.27. The molecule has 9 nitrogen and oxygen atoms in total. The smallest absolute Gasteiger partial charge is 0.311 e. The standard InChI is InChI=1S/C29H31ClN2O7/c1-4-5-6-14-32-22-11-10-18(30)15-21(22)27(20-8-7-9-23(36-2)28(20)37-3)39-24(29(32)35)12-13-25-31-17-19(38-25)16-26(33)34/h7-13,15,17,24,27H,4-6,14,16H2,1-3H3,(H,33,34)/b13-12+/t24-,27?/m1/s1. The van der Waals surface area contributed by atoms with E-state index in [4.69, 9.17) is 35.3 Å². The fraction of sp³-hybridized carbons (Fsp3) is 0.345. The van der Waals surface area contributed by atoms with Gasteiger partial charge in [0.2, 0.25) is 5.89 Å². The number of halogens is 1. The van der Waals surface area contributed by atoms with E-state index in [2.05, 4.69) is 11.9 Å². The first-order valence-electron chi connectivity index (χ1n) is 12.7. The number of hydrogen-bond donors (Lipinski definition) is 1. The number of anilines is 1. The van der Waals surface area contributed by atoms with Crippen LogP contribution in [0.2, 0.25) is 5.02 Å². The Hall–Kier alpha value is -3.82. The number of unbranched alkanes of at least 4 members (excludes halogenated alkanes) is 2. The lowest BCUT2D eigenvalue weighted by atomic mass is 9.98. The van der Waals surface area contributed by atoms with Crippen molar-refractivity contribution < 1.29 is 33.3 Å². The lowest BCUT2D eigenvalue weighted by Gasteiger charge is -2.24. The van der Waals surface area contributed by atoms with Gasteiger partial charge in [0.25, 0.3) is 5.91 Å². The zero-order valence-electron chi connectivity index (χ0n) is 22.1. The minimum atomic E-state index is -1.03. The van der Waals surface area contributed by atoms with Gasteiger partial charge in [-0.1, -0.05) is 43.5 Å². The highest BCUT2D eigenvalue weighted by molar-refractivity contribution is 6.30. The Morgan fingerprint density at radius 2 is 2.00 bits per heavy atom. The van der Waals surface area contributed by atoms with Crippen LogP contribution in [0.4, 0.5) is 5.69 Å². The predicted octanol–water partition coefficient (Wildman–Crippen LogP) is 5.70. The number of nitrogens with zero attached hydrogens (tertiary/aromatic N) is 2. The second kappa shape index (κ2) is 12.8. The van der Waals surface area contributed by atoms with Gasteiger partial charge >= 0.3 is 5.97 Å². The summed E-state index contributed by atoms with van der Waals surface area (Å²) in [4.78, 5) is 30.8. The van der Waals surface area contributed by atoms with E-state index in [1.54, 1.807) is 43.4 Å². The molecule has 3 aromatic rings. The molecule has 39 heavy (non-hydrogen) atoms. The second-order valence-corrected chi connectivity index (χ2v) is 9.45. The number of ether oxygens (including phenoxy) is 3. The summed E-state index contributed by atoms with van der Waals surface area (Å²) in [6, 6.07) is 10.9. The van der Waals surface area contributed by atoms with Gasteiger partial charge < -0.3 is 28.6 Å². The molecule has 10 heteroatoms. The predicted molar refractivity (Wildman–Crippen MR) is 146 cm³/mol. The number of amides is 1. The van der Waals surface area contributed by atoms with E-state index >= 15 is 0 Å². The topological polar surface area (TPSA) is 111 Å².